The van der Waals surface area contributed by atoms with Gasteiger partial charge >= 0.3 is 0 Å². The number of carbonyl (C=O) groups is 1. The Bertz CT molecular complexity index is 544. The van der Waals surface area contributed by atoms with Gasteiger partial charge in [-0.25, -0.2) is 4.39 Å². The molecule has 4 rings (SSSR count). The lowest BCUT2D eigenvalue weighted by Gasteiger charge is -2.48. The molecule has 0 bridgehead atoms. The zero-order valence-electron chi connectivity index (χ0n) is 12.7. The van der Waals surface area contributed by atoms with E-state index in [2.05, 4.69) is 9.80 Å². The molecule has 2 saturated heterocycles. The first kappa shape index (κ1) is 14.0. The second-order valence-electron chi connectivity index (χ2n) is 6.67. The van der Waals surface area contributed by atoms with Crippen molar-refractivity contribution in [1.29, 1.82) is 0 Å². The molecule has 0 unspecified atom stereocenters. The van der Waals surface area contributed by atoms with E-state index in [1.807, 2.05) is 17.0 Å². The molecule has 1 aliphatic carbocycles. The Hall–Kier alpha value is -1.62. The Morgan fingerprint density at radius 2 is 1.64 bits per heavy atom. The molecule has 3 fully saturated rings. The number of hydrogen-bond donors (Lipinski definition) is 0. The summed E-state index contributed by atoms with van der Waals surface area (Å²) in [6.45, 7) is 5.80. The van der Waals surface area contributed by atoms with E-state index in [1.165, 1.54) is 12.1 Å². The van der Waals surface area contributed by atoms with Gasteiger partial charge in [-0.05, 0) is 37.1 Å². The lowest BCUT2D eigenvalue weighted by molar-refractivity contribution is -0.140. The topological polar surface area (TPSA) is 26.8 Å². The van der Waals surface area contributed by atoms with Crippen molar-refractivity contribution in [1.82, 2.24) is 9.80 Å². The summed E-state index contributed by atoms with van der Waals surface area (Å²) in [4.78, 5) is 18.8. The summed E-state index contributed by atoms with van der Waals surface area (Å²) in [5.74, 6) is 0.537. The minimum Gasteiger partial charge on any atom is -0.369 e. The maximum Gasteiger partial charge on any atom is 0.225 e. The average molecular weight is 303 g/mol. The van der Waals surface area contributed by atoms with Crippen LogP contribution in [-0.4, -0.2) is 61.0 Å². The molecule has 3 aliphatic rings. The van der Waals surface area contributed by atoms with E-state index < -0.39 is 0 Å². The maximum atomic E-state index is 13.0. The van der Waals surface area contributed by atoms with E-state index in [1.54, 1.807) is 0 Å². The van der Waals surface area contributed by atoms with Crippen molar-refractivity contribution in [3.8, 4) is 0 Å². The third-order valence-corrected chi connectivity index (χ3v) is 5.12. The number of halogens is 1. The van der Waals surface area contributed by atoms with Crippen molar-refractivity contribution >= 4 is 11.6 Å². The standard InChI is InChI=1S/C17H22FN3O/c18-14-3-5-15(6-4-14)19-7-9-20(10-8-19)16-11-21(12-16)17(22)13-1-2-13/h3-6,13,16H,1-2,7-12H2. The monoisotopic (exact) mass is 303 g/mol. The summed E-state index contributed by atoms with van der Waals surface area (Å²) in [5.41, 5.74) is 1.10. The lowest BCUT2D eigenvalue weighted by Crippen LogP contribution is -2.64. The van der Waals surface area contributed by atoms with Crippen LogP contribution in [0.2, 0.25) is 0 Å². The van der Waals surface area contributed by atoms with Gasteiger partial charge in [0.05, 0.1) is 0 Å². The number of carbonyl (C=O) groups excluding carboxylic acids is 1. The van der Waals surface area contributed by atoms with Crippen LogP contribution in [0.15, 0.2) is 24.3 Å². The highest BCUT2D eigenvalue weighted by molar-refractivity contribution is 5.81. The largest absolute Gasteiger partial charge is 0.369 e. The number of hydrogen-bond acceptors (Lipinski definition) is 3. The highest BCUT2D eigenvalue weighted by atomic mass is 19.1. The van der Waals surface area contributed by atoms with Gasteiger partial charge in [0, 0.05) is 56.9 Å². The van der Waals surface area contributed by atoms with Gasteiger partial charge in [0.1, 0.15) is 5.82 Å². The highest BCUT2D eigenvalue weighted by Gasteiger charge is 2.41. The maximum absolute atomic E-state index is 13.0. The molecule has 118 valence electrons. The number of rotatable bonds is 3. The molecule has 22 heavy (non-hydrogen) atoms. The van der Waals surface area contributed by atoms with Gasteiger partial charge in [0.2, 0.25) is 5.91 Å². The van der Waals surface area contributed by atoms with Crippen LogP contribution in [0.1, 0.15) is 12.8 Å². The van der Waals surface area contributed by atoms with E-state index in [-0.39, 0.29) is 5.82 Å². The molecular weight excluding hydrogens is 281 g/mol. The van der Waals surface area contributed by atoms with Gasteiger partial charge in [-0.1, -0.05) is 0 Å². The Morgan fingerprint density at radius 1 is 1.00 bits per heavy atom. The van der Waals surface area contributed by atoms with Crippen LogP contribution < -0.4 is 4.90 Å². The lowest BCUT2D eigenvalue weighted by atomic mass is 10.0. The van der Waals surface area contributed by atoms with Gasteiger partial charge < -0.3 is 9.80 Å². The second-order valence-corrected chi connectivity index (χ2v) is 6.67. The van der Waals surface area contributed by atoms with Crippen molar-refractivity contribution < 1.29 is 9.18 Å². The van der Waals surface area contributed by atoms with Gasteiger partial charge in [-0.15, -0.1) is 0 Å². The minimum absolute atomic E-state index is 0.183. The number of nitrogens with zero attached hydrogens (tertiary/aromatic N) is 3. The molecule has 1 amide bonds. The van der Waals surface area contributed by atoms with Crippen molar-refractivity contribution in [3.05, 3.63) is 30.1 Å². The predicted octanol–water partition coefficient (Wildman–Crippen LogP) is 1.57. The molecule has 1 aromatic carbocycles. The summed E-state index contributed by atoms with van der Waals surface area (Å²) in [6, 6.07) is 7.29. The molecule has 0 N–H and O–H groups in total. The van der Waals surface area contributed by atoms with Crippen LogP contribution in [-0.2, 0) is 4.79 Å². The highest BCUT2D eigenvalue weighted by Crippen LogP contribution is 2.33. The molecule has 1 saturated carbocycles. The molecular formula is C17H22FN3O. The summed E-state index contributed by atoms with van der Waals surface area (Å²) in [7, 11) is 0. The Balaban J connectivity index is 1.26. The predicted molar refractivity (Wildman–Crippen MR) is 83.3 cm³/mol. The fourth-order valence-corrected chi connectivity index (χ4v) is 3.45. The molecule has 2 aliphatic heterocycles. The third kappa shape index (κ3) is 2.70. The van der Waals surface area contributed by atoms with Crippen LogP contribution in [0.4, 0.5) is 10.1 Å². The molecule has 0 spiro atoms. The van der Waals surface area contributed by atoms with E-state index >= 15 is 0 Å². The van der Waals surface area contributed by atoms with Crippen molar-refractivity contribution in [3.63, 3.8) is 0 Å². The number of amides is 1. The number of likely N-dealkylation sites (tertiary alicyclic amines) is 1. The number of benzene rings is 1. The zero-order chi connectivity index (χ0) is 15.1. The first-order chi connectivity index (χ1) is 10.7. The Morgan fingerprint density at radius 3 is 2.23 bits per heavy atom. The van der Waals surface area contributed by atoms with Crippen molar-refractivity contribution in [2.75, 3.05) is 44.2 Å². The molecule has 2 heterocycles. The van der Waals surface area contributed by atoms with E-state index in [0.717, 1.165) is 57.8 Å². The summed E-state index contributed by atoms with van der Waals surface area (Å²) in [6.07, 6.45) is 2.19. The second kappa shape index (κ2) is 5.54. The average Bonchev–Trinajstić information content (AvgIpc) is 3.32. The molecule has 0 radical (unpaired) electrons. The fraction of sp³-hybridized carbons (Fsp3) is 0.588. The summed E-state index contributed by atoms with van der Waals surface area (Å²) < 4.78 is 13.0. The van der Waals surface area contributed by atoms with Crippen LogP contribution in [0.25, 0.3) is 0 Å². The zero-order valence-corrected chi connectivity index (χ0v) is 12.7. The Kier molecular flexibility index (Phi) is 3.53. The normalized spacial score (nSPS) is 23.5. The van der Waals surface area contributed by atoms with Crippen LogP contribution in [0, 0.1) is 11.7 Å². The van der Waals surface area contributed by atoms with Gasteiger partial charge in [0.25, 0.3) is 0 Å². The smallest absolute Gasteiger partial charge is 0.225 e. The van der Waals surface area contributed by atoms with Gasteiger partial charge in [0.15, 0.2) is 0 Å². The molecule has 1 aromatic rings. The van der Waals surface area contributed by atoms with E-state index in [4.69, 9.17) is 0 Å². The fourth-order valence-electron chi connectivity index (χ4n) is 3.45. The quantitative estimate of drug-likeness (QED) is 0.848. The van der Waals surface area contributed by atoms with Crippen LogP contribution in [0.3, 0.4) is 0 Å². The number of piperazine rings is 1. The first-order valence-corrected chi connectivity index (χ1v) is 8.24. The van der Waals surface area contributed by atoms with Crippen molar-refractivity contribution in [2.45, 2.75) is 18.9 Å². The first-order valence-electron chi connectivity index (χ1n) is 8.24. The SMILES string of the molecule is O=C(C1CC1)N1CC(N2CCN(c3ccc(F)cc3)CC2)C1. The Labute approximate surface area is 130 Å². The van der Waals surface area contributed by atoms with Gasteiger partial charge in [-0.3, -0.25) is 9.69 Å². The van der Waals surface area contributed by atoms with Crippen LogP contribution >= 0.6 is 0 Å². The molecule has 5 heteroatoms. The van der Waals surface area contributed by atoms with Crippen molar-refractivity contribution in [2.24, 2.45) is 5.92 Å². The molecule has 0 atom stereocenters. The summed E-state index contributed by atoms with van der Waals surface area (Å²) >= 11 is 0. The number of anilines is 1. The third-order valence-electron chi connectivity index (χ3n) is 5.12. The van der Waals surface area contributed by atoms with Gasteiger partial charge in [-0.2, -0.15) is 0 Å². The minimum atomic E-state index is -0.183. The summed E-state index contributed by atoms with van der Waals surface area (Å²) in [5, 5.41) is 0. The van der Waals surface area contributed by atoms with E-state index in [0.29, 0.717) is 17.9 Å². The van der Waals surface area contributed by atoms with Crippen LogP contribution in [0.5, 0.6) is 0 Å². The van der Waals surface area contributed by atoms with E-state index in [9.17, 15) is 9.18 Å². The molecule has 0 aromatic heterocycles. The molecule has 4 nitrogen and oxygen atoms in total.